The molecule has 4 N–H and O–H groups in total. The van der Waals surface area contributed by atoms with Crippen LogP contribution in [-0.4, -0.2) is 56.0 Å². The van der Waals surface area contributed by atoms with Crippen LogP contribution in [0.2, 0.25) is 0 Å². The highest BCUT2D eigenvalue weighted by Gasteiger charge is 2.22. The Morgan fingerprint density at radius 2 is 2.09 bits per heavy atom. The van der Waals surface area contributed by atoms with E-state index in [1.165, 1.54) is 0 Å². The lowest BCUT2D eigenvalue weighted by Gasteiger charge is -2.30. The number of carbonyl (C=O) groups excluding carboxylic acids is 1. The predicted octanol–water partition coefficient (Wildman–Crippen LogP) is 0.705. The Labute approximate surface area is 134 Å². The molecule has 0 spiro atoms. The van der Waals surface area contributed by atoms with E-state index < -0.39 is 0 Å². The molecule has 0 bridgehead atoms. The van der Waals surface area contributed by atoms with Crippen molar-refractivity contribution in [1.82, 2.24) is 15.5 Å². The number of nitrogens with two attached hydrogens (primary N) is 1. The number of piperidine rings is 1. The zero-order valence-electron chi connectivity index (χ0n) is 13.8. The van der Waals surface area contributed by atoms with Gasteiger partial charge in [0, 0.05) is 25.6 Å². The number of hydrogen-bond donors (Lipinski definition) is 3. The molecular weight excluding hydrogens is 278 g/mol. The van der Waals surface area contributed by atoms with Gasteiger partial charge in [-0.05, 0) is 52.2 Å². The number of nitrogens with one attached hydrogen (secondary N) is 2. The second-order valence-corrected chi connectivity index (χ2v) is 5.66. The lowest BCUT2D eigenvalue weighted by molar-refractivity contribution is -0.123. The minimum Gasteiger partial charge on any atom is -0.369 e. The van der Waals surface area contributed by atoms with Crippen LogP contribution >= 0.6 is 0 Å². The minimum atomic E-state index is -0.142. The highest BCUT2D eigenvalue weighted by molar-refractivity contribution is 5.79. The Hall–Kier alpha value is -1.56. The lowest BCUT2D eigenvalue weighted by atomic mass is 9.96. The zero-order chi connectivity index (χ0) is 16.2. The molecule has 1 heterocycles. The molecule has 0 aromatic heterocycles. The average molecular weight is 309 g/mol. The van der Waals surface area contributed by atoms with E-state index in [1.807, 2.05) is 6.08 Å². The van der Waals surface area contributed by atoms with E-state index in [4.69, 9.17) is 5.73 Å². The smallest absolute Gasteiger partial charge is 0.220 e. The van der Waals surface area contributed by atoms with Gasteiger partial charge in [0.15, 0.2) is 5.96 Å². The van der Waals surface area contributed by atoms with E-state index in [1.54, 1.807) is 0 Å². The van der Waals surface area contributed by atoms with Crippen molar-refractivity contribution in [3.05, 3.63) is 12.7 Å². The maximum Gasteiger partial charge on any atom is 0.220 e. The van der Waals surface area contributed by atoms with E-state index in [9.17, 15) is 4.79 Å². The van der Waals surface area contributed by atoms with Gasteiger partial charge in [-0.25, -0.2) is 0 Å². The number of likely N-dealkylation sites (tertiary alicyclic amines) is 1. The number of unbranched alkanes of at least 4 members (excludes halogenated alkanes) is 1. The molecule has 6 heteroatoms. The van der Waals surface area contributed by atoms with Crippen molar-refractivity contribution in [3.8, 4) is 0 Å². The van der Waals surface area contributed by atoms with Gasteiger partial charge in [0.1, 0.15) is 0 Å². The first-order valence-corrected chi connectivity index (χ1v) is 8.32. The van der Waals surface area contributed by atoms with E-state index in [-0.39, 0.29) is 11.8 Å². The lowest BCUT2D eigenvalue weighted by Crippen LogP contribution is -2.39. The maximum absolute atomic E-state index is 11.1. The Morgan fingerprint density at radius 1 is 1.36 bits per heavy atom. The van der Waals surface area contributed by atoms with Crippen LogP contribution in [0.4, 0.5) is 0 Å². The molecule has 0 aromatic rings. The van der Waals surface area contributed by atoms with Crippen molar-refractivity contribution in [2.75, 3.05) is 39.3 Å². The van der Waals surface area contributed by atoms with Crippen LogP contribution in [-0.2, 0) is 4.79 Å². The number of primary amides is 1. The monoisotopic (exact) mass is 309 g/mol. The molecular formula is C16H31N5O. The van der Waals surface area contributed by atoms with Crippen LogP contribution in [0, 0.1) is 5.92 Å². The molecule has 0 saturated carbocycles. The second kappa shape index (κ2) is 11.1. The number of rotatable bonds is 9. The molecule has 0 atom stereocenters. The van der Waals surface area contributed by atoms with Crippen LogP contribution in [0.15, 0.2) is 17.6 Å². The SMILES string of the molecule is C=CCNC(=NCCCCN1CCC(C(N)=O)CC1)NCC. The van der Waals surface area contributed by atoms with Crippen LogP contribution < -0.4 is 16.4 Å². The molecule has 0 aromatic carbocycles. The van der Waals surface area contributed by atoms with Crippen LogP contribution in [0.5, 0.6) is 0 Å². The van der Waals surface area contributed by atoms with Gasteiger partial charge >= 0.3 is 0 Å². The van der Waals surface area contributed by atoms with Crippen molar-refractivity contribution in [2.45, 2.75) is 32.6 Å². The first-order valence-electron chi connectivity index (χ1n) is 8.32. The summed E-state index contributed by atoms with van der Waals surface area (Å²) >= 11 is 0. The Kier molecular flexibility index (Phi) is 9.30. The van der Waals surface area contributed by atoms with Crippen molar-refractivity contribution in [2.24, 2.45) is 16.6 Å². The fraction of sp³-hybridized carbons (Fsp3) is 0.750. The topological polar surface area (TPSA) is 82.8 Å². The van der Waals surface area contributed by atoms with Gasteiger partial charge < -0.3 is 21.3 Å². The van der Waals surface area contributed by atoms with Gasteiger partial charge in [0.2, 0.25) is 5.91 Å². The molecule has 1 aliphatic rings. The van der Waals surface area contributed by atoms with Crippen molar-refractivity contribution in [3.63, 3.8) is 0 Å². The Morgan fingerprint density at radius 3 is 2.68 bits per heavy atom. The molecule has 1 fully saturated rings. The first kappa shape index (κ1) is 18.5. The third kappa shape index (κ3) is 7.45. The van der Waals surface area contributed by atoms with Crippen molar-refractivity contribution in [1.29, 1.82) is 0 Å². The summed E-state index contributed by atoms with van der Waals surface area (Å²) in [6.45, 7) is 11.2. The van der Waals surface area contributed by atoms with Crippen LogP contribution in [0.1, 0.15) is 32.6 Å². The molecule has 22 heavy (non-hydrogen) atoms. The number of hydrogen-bond acceptors (Lipinski definition) is 3. The Bertz CT molecular complexity index is 362. The summed E-state index contributed by atoms with van der Waals surface area (Å²) in [5, 5.41) is 6.40. The fourth-order valence-corrected chi connectivity index (χ4v) is 2.59. The summed E-state index contributed by atoms with van der Waals surface area (Å²) in [5.41, 5.74) is 5.35. The number of amides is 1. The molecule has 1 aliphatic heterocycles. The largest absolute Gasteiger partial charge is 0.369 e. The molecule has 0 aliphatic carbocycles. The molecule has 0 unspecified atom stereocenters. The number of nitrogens with zero attached hydrogens (tertiary/aromatic N) is 2. The van der Waals surface area contributed by atoms with Gasteiger partial charge in [-0.2, -0.15) is 0 Å². The standard InChI is InChI=1S/C16H31N5O/c1-3-9-19-16(18-4-2)20-10-5-6-11-21-12-7-14(8-13-21)15(17)22/h3,14H,1,4-13H2,2H3,(H2,17,22)(H2,18,19,20). The number of aliphatic imine (C=N–C) groups is 1. The zero-order valence-corrected chi connectivity index (χ0v) is 13.8. The summed E-state index contributed by atoms with van der Waals surface area (Å²) < 4.78 is 0. The Balaban J connectivity index is 2.14. The van der Waals surface area contributed by atoms with Crippen molar-refractivity contribution < 1.29 is 4.79 Å². The number of carbonyl (C=O) groups is 1. The summed E-state index contributed by atoms with van der Waals surface area (Å²) in [6, 6.07) is 0. The molecule has 6 nitrogen and oxygen atoms in total. The second-order valence-electron chi connectivity index (χ2n) is 5.66. The fourth-order valence-electron chi connectivity index (χ4n) is 2.59. The van der Waals surface area contributed by atoms with Crippen LogP contribution in [0.25, 0.3) is 0 Å². The quantitative estimate of drug-likeness (QED) is 0.253. The summed E-state index contributed by atoms with van der Waals surface area (Å²) in [4.78, 5) is 18.1. The molecule has 1 amide bonds. The van der Waals surface area contributed by atoms with Gasteiger partial charge in [-0.1, -0.05) is 6.08 Å². The highest BCUT2D eigenvalue weighted by atomic mass is 16.1. The summed E-state index contributed by atoms with van der Waals surface area (Å²) in [7, 11) is 0. The summed E-state index contributed by atoms with van der Waals surface area (Å²) in [5.74, 6) is 0.793. The van der Waals surface area contributed by atoms with Crippen molar-refractivity contribution >= 4 is 11.9 Å². The molecule has 1 saturated heterocycles. The minimum absolute atomic E-state index is 0.0828. The molecule has 0 radical (unpaired) electrons. The van der Waals surface area contributed by atoms with Gasteiger partial charge in [-0.15, -0.1) is 6.58 Å². The summed E-state index contributed by atoms with van der Waals surface area (Å²) in [6.07, 6.45) is 5.83. The normalized spacial score (nSPS) is 17.2. The highest BCUT2D eigenvalue weighted by Crippen LogP contribution is 2.16. The molecule has 1 rings (SSSR count). The van der Waals surface area contributed by atoms with E-state index in [0.717, 1.165) is 70.9 Å². The first-order chi connectivity index (χ1) is 10.7. The van der Waals surface area contributed by atoms with Gasteiger partial charge in [0.05, 0.1) is 0 Å². The van der Waals surface area contributed by atoms with Gasteiger partial charge in [-0.3, -0.25) is 9.79 Å². The maximum atomic E-state index is 11.1. The third-order valence-corrected chi connectivity index (χ3v) is 3.90. The molecule has 126 valence electrons. The third-order valence-electron chi connectivity index (χ3n) is 3.90. The average Bonchev–Trinajstić information content (AvgIpc) is 2.52. The van der Waals surface area contributed by atoms with E-state index in [0.29, 0.717) is 0 Å². The predicted molar refractivity (Wildman–Crippen MR) is 91.8 cm³/mol. The number of guanidine groups is 1. The van der Waals surface area contributed by atoms with E-state index >= 15 is 0 Å². The van der Waals surface area contributed by atoms with Crippen LogP contribution in [0.3, 0.4) is 0 Å². The van der Waals surface area contributed by atoms with Gasteiger partial charge in [0.25, 0.3) is 0 Å². The van der Waals surface area contributed by atoms with E-state index in [2.05, 4.69) is 34.0 Å².